The maximum Gasteiger partial charge on any atom is 0.224 e. The van der Waals surface area contributed by atoms with Crippen molar-refractivity contribution >= 4 is 11.6 Å². The van der Waals surface area contributed by atoms with Crippen LogP contribution >= 0.6 is 0 Å². The SMILES string of the molecule is CC(C)(CN)CC(=O)Nc1ccncc1. The van der Waals surface area contributed by atoms with E-state index in [2.05, 4.69) is 10.3 Å². The van der Waals surface area contributed by atoms with Crippen LogP contribution in [0.2, 0.25) is 0 Å². The topological polar surface area (TPSA) is 68.0 Å². The van der Waals surface area contributed by atoms with E-state index in [1.165, 1.54) is 0 Å². The molecule has 1 heterocycles. The number of carbonyl (C=O) groups is 1. The van der Waals surface area contributed by atoms with Gasteiger partial charge in [-0.15, -0.1) is 0 Å². The Bertz CT molecular complexity index is 322. The summed E-state index contributed by atoms with van der Waals surface area (Å²) in [7, 11) is 0. The number of hydrogen-bond acceptors (Lipinski definition) is 3. The van der Waals surface area contributed by atoms with Crippen molar-refractivity contribution in [3.05, 3.63) is 24.5 Å². The quantitative estimate of drug-likeness (QED) is 0.784. The summed E-state index contributed by atoms with van der Waals surface area (Å²) in [5.41, 5.74) is 6.17. The molecule has 0 saturated heterocycles. The van der Waals surface area contributed by atoms with E-state index in [4.69, 9.17) is 5.73 Å². The molecule has 1 amide bonds. The molecule has 0 aliphatic heterocycles. The van der Waals surface area contributed by atoms with Crippen LogP contribution in [0.1, 0.15) is 20.3 Å². The minimum absolute atomic E-state index is 0.0170. The molecule has 0 radical (unpaired) electrons. The monoisotopic (exact) mass is 207 g/mol. The maximum absolute atomic E-state index is 11.6. The van der Waals surface area contributed by atoms with Crippen LogP contribution in [0, 0.1) is 5.41 Å². The highest BCUT2D eigenvalue weighted by Crippen LogP contribution is 2.18. The number of amides is 1. The molecule has 4 nitrogen and oxygen atoms in total. The van der Waals surface area contributed by atoms with Crippen molar-refractivity contribution in [3.63, 3.8) is 0 Å². The van der Waals surface area contributed by atoms with Gasteiger partial charge in [-0.1, -0.05) is 13.8 Å². The second-order valence-corrected chi connectivity index (χ2v) is 4.33. The molecule has 82 valence electrons. The molecule has 0 fully saturated rings. The number of nitrogens with zero attached hydrogens (tertiary/aromatic N) is 1. The van der Waals surface area contributed by atoms with Gasteiger partial charge in [0.1, 0.15) is 0 Å². The first kappa shape index (κ1) is 11.7. The lowest BCUT2D eigenvalue weighted by atomic mass is 9.89. The van der Waals surface area contributed by atoms with Crippen molar-refractivity contribution in [2.75, 3.05) is 11.9 Å². The van der Waals surface area contributed by atoms with Crippen LogP contribution < -0.4 is 11.1 Å². The Morgan fingerprint density at radius 2 is 2.07 bits per heavy atom. The summed E-state index contributed by atoms with van der Waals surface area (Å²) in [5.74, 6) is -0.0170. The first-order chi connectivity index (χ1) is 7.03. The zero-order chi connectivity index (χ0) is 11.3. The maximum atomic E-state index is 11.6. The summed E-state index contributed by atoms with van der Waals surface area (Å²) in [6.45, 7) is 4.44. The van der Waals surface area contributed by atoms with Crippen molar-refractivity contribution in [3.8, 4) is 0 Å². The van der Waals surface area contributed by atoms with Gasteiger partial charge in [-0.05, 0) is 24.1 Å². The van der Waals surface area contributed by atoms with Gasteiger partial charge in [0.15, 0.2) is 0 Å². The van der Waals surface area contributed by atoms with Crippen molar-refractivity contribution in [1.29, 1.82) is 0 Å². The van der Waals surface area contributed by atoms with Crippen molar-refractivity contribution in [2.45, 2.75) is 20.3 Å². The predicted molar refractivity (Wildman–Crippen MR) is 60.3 cm³/mol. The van der Waals surface area contributed by atoms with Gasteiger partial charge in [-0.25, -0.2) is 0 Å². The third-order valence-corrected chi connectivity index (χ3v) is 2.16. The Morgan fingerprint density at radius 1 is 1.47 bits per heavy atom. The summed E-state index contributed by atoms with van der Waals surface area (Å²) in [6, 6.07) is 3.51. The number of rotatable bonds is 4. The van der Waals surface area contributed by atoms with Gasteiger partial charge in [-0.2, -0.15) is 0 Å². The standard InChI is InChI=1S/C11H17N3O/c1-11(2,8-12)7-10(15)14-9-3-5-13-6-4-9/h3-6H,7-8,12H2,1-2H3,(H,13,14,15). The van der Waals surface area contributed by atoms with Gasteiger partial charge in [0.2, 0.25) is 5.91 Å². The molecule has 0 aliphatic rings. The molecule has 0 unspecified atom stereocenters. The van der Waals surface area contributed by atoms with Crippen LogP contribution in [0.15, 0.2) is 24.5 Å². The summed E-state index contributed by atoms with van der Waals surface area (Å²) in [5, 5.41) is 2.80. The lowest BCUT2D eigenvalue weighted by Gasteiger charge is -2.21. The molecular formula is C11H17N3O. The fraction of sp³-hybridized carbons (Fsp3) is 0.455. The summed E-state index contributed by atoms with van der Waals surface area (Å²) in [6.07, 6.45) is 3.71. The van der Waals surface area contributed by atoms with E-state index in [0.717, 1.165) is 5.69 Å². The zero-order valence-corrected chi connectivity index (χ0v) is 9.16. The van der Waals surface area contributed by atoms with Crippen LogP contribution in [-0.4, -0.2) is 17.4 Å². The molecule has 0 saturated carbocycles. The van der Waals surface area contributed by atoms with Crippen molar-refractivity contribution in [1.82, 2.24) is 4.98 Å². The average Bonchev–Trinajstić information content (AvgIpc) is 2.18. The Labute approximate surface area is 89.9 Å². The average molecular weight is 207 g/mol. The van der Waals surface area contributed by atoms with E-state index in [0.29, 0.717) is 13.0 Å². The summed E-state index contributed by atoms with van der Waals surface area (Å²) >= 11 is 0. The number of hydrogen-bond donors (Lipinski definition) is 2. The van der Waals surface area contributed by atoms with Crippen LogP contribution in [0.4, 0.5) is 5.69 Å². The van der Waals surface area contributed by atoms with Gasteiger partial charge >= 0.3 is 0 Å². The van der Waals surface area contributed by atoms with Crippen LogP contribution in [-0.2, 0) is 4.79 Å². The number of anilines is 1. The fourth-order valence-electron chi connectivity index (χ4n) is 1.15. The van der Waals surface area contributed by atoms with E-state index < -0.39 is 0 Å². The third-order valence-electron chi connectivity index (χ3n) is 2.16. The van der Waals surface area contributed by atoms with Gasteiger partial charge < -0.3 is 11.1 Å². The number of carbonyl (C=O) groups excluding carboxylic acids is 1. The highest BCUT2D eigenvalue weighted by atomic mass is 16.1. The van der Waals surface area contributed by atoms with E-state index >= 15 is 0 Å². The Kier molecular flexibility index (Phi) is 3.80. The largest absolute Gasteiger partial charge is 0.330 e. The minimum atomic E-state index is -0.156. The molecule has 1 aromatic heterocycles. The predicted octanol–water partition coefficient (Wildman–Crippen LogP) is 1.40. The van der Waals surface area contributed by atoms with Crippen LogP contribution in [0.3, 0.4) is 0 Å². The second kappa shape index (κ2) is 4.89. The molecule has 4 heteroatoms. The molecule has 0 atom stereocenters. The first-order valence-electron chi connectivity index (χ1n) is 4.93. The van der Waals surface area contributed by atoms with E-state index in [9.17, 15) is 4.79 Å². The van der Waals surface area contributed by atoms with Crippen molar-refractivity contribution in [2.24, 2.45) is 11.1 Å². The summed E-state index contributed by atoms with van der Waals surface area (Å²) in [4.78, 5) is 15.5. The van der Waals surface area contributed by atoms with Gasteiger partial charge in [0.25, 0.3) is 0 Å². The van der Waals surface area contributed by atoms with E-state index in [1.807, 2.05) is 13.8 Å². The molecule has 0 spiro atoms. The molecule has 1 aromatic rings. The zero-order valence-electron chi connectivity index (χ0n) is 9.16. The highest BCUT2D eigenvalue weighted by molar-refractivity contribution is 5.90. The smallest absolute Gasteiger partial charge is 0.224 e. The van der Waals surface area contributed by atoms with Crippen LogP contribution in [0.25, 0.3) is 0 Å². The Hall–Kier alpha value is -1.42. The third kappa shape index (κ3) is 4.08. The number of nitrogens with one attached hydrogen (secondary N) is 1. The molecule has 0 aliphatic carbocycles. The number of nitrogens with two attached hydrogens (primary N) is 1. The molecule has 1 rings (SSSR count). The normalized spacial score (nSPS) is 11.1. The fourth-order valence-corrected chi connectivity index (χ4v) is 1.15. The van der Waals surface area contributed by atoms with Crippen molar-refractivity contribution < 1.29 is 4.79 Å². The first-order valence-corrected chi connectivity index (χ1v) is 4.93. The van der Waals surface area contributed by atoms with E-state index in [1.54, 1.807) is 24.5 Å². The van der Waals surface area contributed by atoms with Crippen LogP contribution in [0.5, 0.6) is 0 Å². The van der Waals surface area contributed by atoms with Gasteiger partial charge in [0.05, 0.1) is 0 Å². The molecule has 3 N–H and O–H groups in total. The number of aromatic nitrogens is 1. The number of pyridine rings is 1. The van der Waals surface area contributed by atoms with E-state index in [-0.39, 0.29) is 11.3 Å². The lowest BCUT2D eigenvalue weighted by molar-refractivity contribution is -0.117. The molecular weight excluding hydrogens is 190 g/mol. The second-order valence-electron chi connectivity index (χ2n) is 4.33. The molecule has 0 bridgehead atoms. The Morgan fingerprint density at radius 3 is 2.60 bits per heavy atom. The van der Waals surface area contributed by atoms with Gasteiger partial charge in [0, 0.05) is 24.5 Å². The molecule has 0 aromatic carbocycles. The lowest BCUT2D eigenvalue weighted by Crippen LogP contribution is -2.29. The van der Waals surface area contributed by atoms with Gasteiger partial charge in [-0.3, -0.25) is 9.78 Å². The highest BCUT2D eigenvalue weighted by Gasteiger charge is 2.19. The minimum Gasteiger partial charge on any atom is -0.330 e. The summed E-state index contributed by atoms with van der Waals surface area (Å²) < 4.78 is 0. The molecule has 15 heavy (non-hydrogen) atoms. The Balaban J connectivity index is 2.51.